The van der Waals surface area contributed by atoms with Gasteiger partial charge in [-0.15, -0.1) is 11.3 Å². The lowest BCUT2D eigenvalue weighted by molar-refractivity contribution is -0.127. The number of allylic oxidation sites excluding steroid dienone is 3. The molecule has 0 spiro atoms. The van der Waals surface area contributed by atoms with Crippen molar-refractivity contribution >= 4 is 50.4 Å². The summed E-state index contributed by atoms with van der Waals surface area (Å²) in [6.45, 7) is 8.99. The highest BCUT2D eigenvalue weighted by Gasteiger charge is 2.27. The molecule has 1 aromatic carbocycles. The van der Waals surface area contributed by atoms with Crippen LogP contribution in [0.5, 0.6) is 0 Å². The largest absolute Gasteiger partial charge is 0.449 e. The molecule has 1 heterocycles. The first-order valence-electron chi connectivity index (χ1n) is 13.2. The molecule has 1 aliphatic carbocycles. The van der Waals surface area contributed by atoms with Gasteiger partial charge in [-0.1, -0.05) is 69.8 Å². The molecule has 0 fully saturated rings. The Hall–Kier alpha value is -2.82. The summed E-state index contributed by atoms with van der Waals surface area (Å²) < 4.78 is 33.8. The molecular formula is C29H36N2O5S3. The van der Waals surface area contributed by atoms with Gasteiger partial charge in [0.15, 0.2) is 0 Å². The number of benzene rings is 1. The van der Waals surface area contributed by atoms with Crippen molar-refractivity contribution in [2.24, 2.45) is 5.92 Å². The van der Waals surface area contributed by atoms with Crippen LogP contribution in [0.15, 0.2) is 58.3 Å². The number of thiocarbonyl (C=S) groups is 1. The highest BCUT2D eigenvalue weighted by molar-refractivity contribution is 7.92. The molecule has 0 atom stereocenters. The zero-order chi connectivity index (χ0) is 28.6. The molecule has 7 nitrogen and oxygen atoms in total. The third-order valence-electron chi connectivity index (χ3n) is 6.06. The van der Waals surface area contributed by atoms with Crippen LogP contribution < -0.4 is 4.72 Å². The molecule has 0 bridgehead atoms. The Morgan fingerprint density at radius 2 is 1.97 bits per heavy atom. The molecule has 10 heteroatoms. The van der Waals surface area contributed by atoms with E-state index in [1.807, 2.05) is 56.3 Å². The summed E-state index contributed by atoms with van der Waals surface area (Å²) >= 11 is 6.56. The van der Waals surface area contributed by atoms with E-state index in [0.29, 0.717) is 59.8 Å². The maximum absolute atomic E-state index is 13.3. The van der Waals surface area contributed by atoms with Crippen molar-refractivity contribution in [2.75, 3.05) is 13.2 Å². The second-order valence-electron chi connectivity index (χ2n) is 9.76. The van der Waals surface area contributed by atoms with Gasteiger partial charge in [-0.3, -0.25) is 4.79 Å². The Labute approximate surface area is 241 Å². The number of nitrogens with one attached hydrogen (secondary N) is 1. The first-order chi connectivity index (χ1) is 18.6. The number of unbranched alkanes of at least 4 members (excludes halogenated alkanes) is 1. The minimum absolute atomic E-state index is 0.0654. The Kier molecular flexibility index (Phi) is 11.0. The standard InChI is InChI=1S/C29H36N2O5S3/c1-5-7-15-36-29(33)30-39(34,35)28-25(18-23(38-28)16-20(3)4)22-12-10-11-21(17-22)19-31(6-2)27(32)24-13-8-9-14-26(24)37/h8-13,17-18,20H,5-7,14-16,19H2,1-4H3,(H,30,33). The zero-order valence-electron chi connectivity index (χ0n) is 22.9. The summed E-state index contributed by atoms with van der Waals surface area (Å²) in [4.78, 5) is 28.6. The van der Waals surface area contributed by atoms with Crippen LogP contribution in [0, 0.1) is 5.92 Å². The van der Waals surface area contributed by atoms with E-state index in [1.54, 1.807) is 11.0 Å². The number of thiophene rings is 1. The van der Waals surface area contributed by atoms with E-state index in [1.165, 1.54) is 0 Å². The van der Waals surface area contributed by atoms with Gasteiger partial charge in [0.25, 0.3) is 15.9 Å². The highest BCUT2D eigenvalue weighted by Crippen LogP contribution is 2.37. The molecule has 1 N–H and O–H groups in total. The van der Waals surface area contributed by atoms with Gasteiger partial charge in [0.2, 0.25) is 0 Å². The Morgan fingerprint density at radius 1 is 1.21 bits per heavy atom. The summed E-state index contributed by atoms with van der Waals surface area (Å²) in [6, 6.07) is 9.36. The van der Waals surface area contributed by atoms with Crippen LogP contribution in [0.4, 0.5) is 4.79 Å². The van der Waals surface area contributed by atoms with Gasteiger partial charge in [-0.25, -0.2) is 17.9 Å². The van der Waals surface area contributed by atoms with Crippen LogP contribution >= 0.6 is 23.6 Å². The molecule has 210 valence electrons. The summed E-state index contributed by atoms with van der Waals surface area (Å²) in [5.41, 5.74) is 2.60. The molecule has 0 saturated heterocycles. The summed E-state index contributed by atoms with van der Waals surface area (Å²) in [7, 11) is -4.16. The maximum Gasteiger partial charge on any atom is 0.421 e. The van der Waals surface area contributed by atoms with Crippen molar-refractivity contribution in [1.29, 1.82) is 0 Å². The first kappa shape index (κ1) is 30.7. The molecule has 0 aliphatic heterocycles. The van der Waals surface area contributed by atoms with Crippen molar-refractivity contribution in [3.63, 3.8) is 0 Å². The topological polar surface area (TPSA) is 92.8 Å². The number of ether oxygens (including phenoxy) is 1. The lowest BCUT2D eigenvalue weighted by Crippen LogP contribution is -2.33. The average molecular weight is 589 g/mol. The quantitative estimate of drug-likeness (QED) is 0.227. The number of hydrogen-bond acceptors (Lipinski definition) is 7. The lowest BCUT2D eigenvalue weighted by atomic mass is 10.0. The van der Waals surface area contributed by atoms with Gasteiger partial charge in [0, 0.05) is 34.8 Å². The lowest BCUT2D eigenvalue weighted by Gasteiger charge is -2.23. The van der Waals surface area contributed by atoms with Crippen molar-refractivity contribution in [1.82, 2.24) is 9.62 Å². The second kappa shape index (κ2) is 14.0. The number of sulfonamides is 1. The number of rotatable bonds is 12. The number of amides is 2. The second-order valence-corrected chi connectivity index (χ2v) is 13.3. The molecule has 0 unspecified atom stereocenters. The van der Waals surface area contributed by atoms with E-state index in [-0.39, 0.29) is 16.7 Å². The molecular weight excluding hydrogens is 553 g/mol. The van der Waals surface area contributed by atoms with Crippen LogP contribution in [0.2, 0.25) is 0 Å². The predicted molar refractivity (Wildman–Crippen MR) is 160 cm³/mol. The van der Waals surface area contributed by atoms with E-state index in [2.05, 4.69) is 18.6 Å². The fourth-order valence-corrected chi connectivity index (χ4v) is 7.20. The molecule has 2 aromatic rings. The molecule has 0 saturated carbocycles. The maximum atomic E-state index is 13.3. The molecule has 39 heavy (non-hydrogen) atoms. The normalized spacial score (nSPS) is 13.4. The van der Waals surface area contributed by atoms with Crippen LogP contribution in [-0.4, -0.2) is 43.3 Å². The van der Waals surface area contributed by atoms with Gasteiger partial charge in [-0.2, -0.15) is 0 Å². The van der Waals surface area contributed by atoms with Crippen LogP contribution in [0.25, 0.3) is 11.1 Å². The highest BCUT2D eigenvalue weighted by atomic mass is 32.2. The zero-order valence-corrected chi connectivity index (χ0v) is 25.3. The number of nitrogens with zero attached hydrogens (tertiary/aromatic N) is 1. The van der Waals surface area contributed by atoms with Crippen LogP contribution in [0.3, 0.4) is 0 Å². The molecule has 1 aromatic heterocycles. The van der Waals surface area contributed by atoms with E-state index < -0.39 is 16.1 Å². The number of carbonyl (C=O) groups is 2. The van der Waals surface area contributed by atoms with Crippen molar-refractivity contribution < 1.29 is 22.7 Å². The van der Waals surface area contributed by atoms with E-state index in [0.717, 1.165) is 28.2 Å². The van der Waals surface area contributed by atoms with Gasteiger partial charge >= 0.3 is 6.09 Å². The van der Waals surface area contributed by atoms with Crippen LogP contribution in [0.1, 0.15) is 57.4 Å². The monoisotopic (exact) mass is 588 g/mol. The van der Waals surface area contributed by atoms with Crippen LogP contribution in [-0.2, 0) is 32.5 Å². The van der Waals surface area contributed by atoms with Crippen molar-refractivity contribution in [3.8, 4) is 11.1 Å². The Morgan fingerprint density at radius 3 is 2.64 bits per heavy atom. The van der Waals surface area contributed by atoms with Gasteiger partial charge < -0.3 is 9.64 Å². The molecule has 0 radical (unpaired) electrons. The molecule has 3 rings (SSSR count). The average Bonchev–Trinajstić information content (AvgIpc) is 3.31. The smallest absolute Gasteiger partial charge is 0.421 e. The molecule has 2 amide bonds. The SMILES string of the molecule is CCCCOC(=O)NS(=O)(=O)c1sc(CC(C)C)cc1-c1cccc(CN(CC)C(=O)C2=CC=CCC2=S)c1. The van der Waals surface area contributed by atoms with Gasteiger partial charge in [-0.05, 0) is 55.0 Å². The van der Waals surface area contributed by atoms with Crippen molar-refractivity contribution in [3.05, 3.63) is 64.6 Å². The fraction of sp³-hybridized carbons (Fsp3) is 0.414. The van der Waals surface area contributed by atoms with Gasteiger partial charge in [0.05, 0.1) is 12.2 Å². The van der Waals surface area contributed by atoms with E-state index >= 15 is 0 Å². The third-order valence-corrected chi connectivity index (χ3v) is 9.45. The molecule has 1 aliphatic rings. The predicted octanol–water partition coefficient (Wildman–Crippen LogP) is 6.43. The third kappa shape index (κ3) is 8.33. The van der Waals surface area contributed by atoms with E-state index in [4.69, 9.17) is 17.0 Å². The number of likely N-dealkylation sites (N-methyl/N-ethyl adjacent to an activating group) is 1. The summed E-state index contributed by atoms with van der Waals surface area (Å²) in [6.07, 6.45) is 7.31. The van der Waals surface area contributed by atoms with E-state index in [9.17, 15) is 18.0 Å². The number of hydrogen-bond donors (Lipinski definition) is 1. The summed E-state index contributed by atoms with van der Waals surface area (Å²) in [5, 5.41) is 0. The number of carbonyl (C=O) groups excluding carboxylic acids is 2. The fourth-order valence-electron chi connectivity index (χ4n) is 4.11. The minimum Gasteiger partial charge on any atom is -0.449 e. The Balaban J connectivity index is 1.92. The Bertz CT molecular complexity index is 1370. The first-order valence-corrected chi connectivity index (χ1v) is 15.9. The summed E-state index contributed by atoms with van der Waals surface area (Å²) in [5.74, 6) is 0.200. The minimum atomic E-state index is -4.16. The van der Waals surface area contributed by atoms with Gasteiger partial charge in [0.1, 0.15) is 4.21 Å². The van der Waals surface area contributed by atoms with Crippen molar-refractivity contribution in [2.45, 2.75) is 64.1 Å².